The number of thiophene rings is 1. The third-order valence-corrected chi connectivity index (χ3v) is 5.98. The fourth-order valence-corrected chi connectivity index (χ4v) is 4.38. The van der Waals surface area contributed by atoms with Crippen molar-refractivity contribution in [1.29, 1.82) is 0 Å². The van der Waals surface area contributed by atoms with Crippen LogP contribution in [0.4, 0.5) is 0 Å². The second-order valence-electron chi connectivity index (χ2n) is 6.27. The quantitative estimate of drug-likeness (QED) is 0.513. The predicted molar refractivity (Wildman–Crippen MR) is 108 cm³/mol. The number of carbonyl (C=O) groups excluding carboxylic acids is 1. The smallest absolute Gasteiger partial charge is 0.262 e. The Morgan fingerprint density at radius 1 is 1.23 bits per heavy atom. The summed E-state index contributed by atoms with van der Waals surface area (Å²) in [6.45, 7) is 5.86. The lowest BCUT2D eigenvalue weighted by atomic mass is 10.2. The van der Waals surface area contributed by atoms with Gasteiger partial charge in [0.15, 0.2) is 5.16 Å². The van der Waals surface area contributed by atoms with Gasteiger partial charge in [-0.2, -0.15) is 0 Å². The lowest BCUT2D eigenvalue weighted by Crippen LogP contribution is -2.29. The van der Waals surface area contributed by atoms with E-state index in [2.05, 4.69) is 10.3 Å². The maximum absolute atomic E-state index is 12.8. The number of carbonyl (C=O) groups is 1. The van der Waals surface area contributed by atoms with Crippen LogP contribution in [0.25, 0.3) is 10.9 Å². The summed E-state index contributed by atoms with van der Waals surface area (Å²) in [5.41, 5.74) is 0.588. The third-order valence-electron chi connectivity index (χ3n) is 3.97. The standard InChI is InChI=1S/C19H21N3O2S2/c1-12(2)22-18(24)14-7-4-5-8-15(14)21-19(22)26-11-17(23)20-13(3)16-9-6-10-25-16/h4-10,12-13H,11H2,1-3H3,(H,20,23)/t13-/m0/s1. The number of hydrogen-bond acceptors (Lipinski definition) is 5. The molecule has 136 valence electrons. The van der Waals surface area contributed by atoms with E-state index in [1.165, 1.54) is 11.8 Å². The molecule has 3 aromatic rings. The van der Waals surface area contributed by atoms with Crippen LogP contribution in [0.3, 0.4) is 0 Å². The summed E-state index contributed by atoms with van der Waals surface area (Å²) in [6.07, 6.45) is 0. The molecule has 3 rings (SSSR count). The first-order chi connectivity index (χ1) is 12.5. The lowest BCUT2D eigenvalue weighted by Gasteiger charge is -2.16. The van der Waals surface area contributed by atoms with E-state index in [1.54, 1.807) is 22.0 Å². The van der Waals surface area contributed by atoms with Crippen molar-refractivity contribution < 1.29 is 4.79 Å². The highest BCUT2D eigenvalue weighted by molar-refractivity contribution is 7.99. The van der Waals surface area contributed by atoms with Crippen LogP contribution in [-0.2, 0) is 4.79 Å². The number of rotatable bonds is 6. The molecule has 1 N–H and O–H groups in total. The predicted octanol–water partition coefficient (Wildman–Crippen LogP) is 4.01. The molecular formula is C19H21N3O2S2. The van der Waals surface area contributed by atoms with Crippen LogP contribution in [0.2, 0.25) is 0 Å². The SMILES string of the molecule is CC(C)n1c(SCC(=O)N[C@@H](C)c2cccs2)nc2ccccc2c1=O. The van der Waals surface area contributed by atoms with E-state index in [-0.39, 0.29) is 29.3 Å². The number of aromatic nitrogens is 2. The Labute approximate surface area is 160 Å². The zero-order valence-electron chi connectivity index (χ0n) is 14.9. The van der Waals surface area contributed by atoms with Gasteiger partial charge in [0, 0.05) is 10.9 Å². The van der Waals surface area contributed by atoms with Crippen molar-refractivity contribution >= 4 is 39.9 Å². The van der Waals surface area contributed by atoms with E-state index in [1.807, 2.05) is 56.5 Å². The van der Waals surface area contributed by atoms with Gasteiger partial charge in [0.25, 0.3) is 5.56 Å². The monoisotopic (exact) mass is 387 g/mol. The molecule has 7 heteroatoms. The van der Waals surface area contributed by atoms with Crippen LogP contribution in [0.15, 0.2) is 51.7 Å². The summed E-state index contributed by atoms with van der Waals surface area (Å²) in [5, 5.41) is 6.15. The average Bonchev–Trinajstić information content (AvgIpc) is 3.14. The summed E-state index contributed by atoms with van der Waals surface area (Å²) in [6, 6.07) is 11.2. The minimum absolute atomic E-state index is 0.0278. The highest BCUT2D eigenvalue weighted by atomic mass is 32.2. The van der Waals surface area contributed by atoms with Crippen molar-refractivity contribution in [3.05, 3.63) is 57.0 Å². The third kappa shape index (κ3) is 3.99. The molecule has 1 aromatic carbocycles. The van der Waals surface area contributed by atoms with E-state index in [0.717, 1.165) is 4.88 Å². The summed E-state index contributed by atoms with van der Waals surface area (Å²) in [5.74, 6) is 0.140. The van der Waals surface area contributed by atoms with Gasteiger partial charge >= 0.3 is 0 Å². The summed E-state index contributed by atoms with van der Waals surface area (Å²) >= 11 is 2.91. The van der Waals surface area contributed by atoms with Gasteiger partial charge in [-0.05, 0) is 44.4 Å². The topological polar surface area (TPSA) is 64.0 Å². The van der Waals surface area contributed by atoms with Crippen molar-refractivity contribution in [2.45, 2.75) is 38.0 Å². The zero-order valence-corrected chi connectivity index (χ0v) is 16.6. The Morgan fingerprint density at radius 2 is 2.00 bits per heavy atom. The Kier molecular flexibility index (Phi) is 5.78. The number of para-hydroxylation sites is 1. The number of nitrogens with zero attached hydrogens (tertiary/aromatic N) is 2. The first-order valence-corrected chi connectivity index (χ1v) is 10.3. The molecule has 0 fully saturated rings. The molecule has 0 spiro atoms. The summed E-state index contributed by atoms with van der Waals surface area (Å²) in [4.78, 5) is 30.8. The van der Waals surface area contributed by atoms with Gasteiger partial charge < -0.3 is 5.32 Å². The maximum atomic E-state index is 12.8. The van der Waals surface area contributed by atoms with Crippen molar-refractivity contribution in [2.24, 2.45) is 0 Å². The van der Waals surface area contributed by atoms with Crippen LogP contribution in [0.1, 0.15) is 37.7 Å². The molecule has 5 nitrogen and oxygen atoms in total. The van der Waals surface area contributed by atoms with E-state index in [0.29, 0.717) is 16.1 Å². The first-order valence-electron chi connectivity index (χ1n) is 8.44. The largest absolute Gasteiger partial charge is 0.348 e. The van der Waals surface area contributed by atoms with Gasteiger partial charge in [-0.25, -0.2) is 4.98 Å². The minimum atomic E-state index is -0.0754. The Bertz CT molecular complexity index is 965. The normalized spacial score (nSPS) is 12.5. The number of benzene rings is 1. The molecule has 1 amide bonds. The number of nitrogens with one attached hydrogen (secondary N) is 1. The fraction of sp³-hybridized carbons (Fsp3) is 0.316. The van der Waals surface area contributed by atoms with Crippen molar-refractivity contribution in [2.75, 3.05) is 5.75 Å². The molecule has 0 aliphatic rings. The second-order valence-corrected chi connectivity index (χ2v) is 8.20. The lowest BCUT2D eigenvalue weighted by molar-refractivity contribution is -0.119. The van der Waals surface area contributed by atoms with Gasteiger partial charge in [0.05, 0.1) is 22.7 Å². The molecule has 2 aromatic heterocycles. The zero-order chi connectivity index (χ0) is 18.7. The van der Waals surface area contributed by atoms with Crippen LogP contribution in [-0.4, -0.2) is 21.2 Å². The van der Waals surface area contributed by atoms with Crippen LogP contribution in [0, 0.1) is 0 Å². The van der Waals surface area contributed by atoms with E-state index < -0.39 is 0 Å². The van der Waals surface area contributed by atoms with Crippen molar-refractivity contribution in [1.82, 2.24) is 14.9 Å². The van der Waals surface area contributed by atoms with E-state index in [4.69, 9.17) is 0 Å². The minimum Gasteiger partial charge on any atom is -0.348 e. The summed E-state index contributed by atoms with van der Waals surface area (Å²) in [7, 11) is 0. The second kappa shape index (κ2) is 8.05. The summed E-state index contributed by atoms with van der Waals surface area (Å²) < 4.78 is 1.66. The van der Waals surface area contributed by atoms with Crippen molar-refractivity contribution in [3.8, 4) is 0 Å². The van der Waals surface area contributed by atoms with Gasteiger partial charge in [-0.3, -0.25) is 14.2 Å². The number of amides is 1. The Hall–Kier alpha value is -2.12. The van der Waals surface area contributed by atoms with Gasteiger partial charge in [0.1, 0.15) is 0 Å². The average molecular weight is 388 g/mol. The number of thioether (sulfide) groups is 1. The van der Waals surface area contributed by atoms with Gasteiger partial charge in [-0.1, -0.05) is 30.0 Å². The van der Waals surface area contributed by atoms with Crippen LogP contribution < -0.4 is 10.9 Å². The molecule has 1 atom stereocenters. The molecule has 0 unspecified atom stereocenters. The van der Waals surface area contributed by atoms with E-state index in [9.17, 15) is 9.59 Å². The van der Waals surface area contributed by atoms with Gasteiger partial charge in [-0.15, -0.1) is 11.3 Å². The highest BCUT2D eigenvalue weighted by Gasteiger charge is 2.16. The molecular weight excluding hydrogens is 366 g/mol. The first kappa shape index (κ1) is 18.7. The van der Waals surface area contributed by atoms with Crippen LogP contribution in [0.5, 0.6) is 0 Å². The highest BCUT2D eigenvalue weighted by Crippen LogP contribution is 2.22. The molecule has 0 saturated carbocycles. The molecule has 0 radical (unpaired) electrons. The molecule has 26 heavy (non-hydrogen) atoms. The van der Waals surface area contributed by atoms with E-state index >= 15 is 0 Å². The van der Waals surface area contributed by atoms with Crippen LogP contribution >= 0.6 is 23.1 Å². The molecule has 2 heterocycles. The van der Waals surface area contributed by atoms with Gasteiger partial charge in [0.2, 0.25) is 5.91 Å². The molecule has 0 saturated heterocycles. The molecule has 0 aliphatic heterocycles. The fourth-order valence-electron chi connectivity index (χ4n) is 2.70. The Balaban J connectivity index is 1.79. The maximum Gasteiger partial charge on any atom is 0.262 e. The molecule has 0 bridgehead atoms. The Morgan fingerprint density at radius 3 is 2.69 bits per heavy atom. The number of hydrogen-bond donors (Lipinski definition) is 1. The van der Waals surface area contributed by atoms with Crippen molar-refractivity contribution in [3.63, 3.8) is 0 Å². The molecule has 0 aliphatic carbocycles. The number of fused-ring (bicyclic) bond motifs is 1.